The summed E-state index contributed by atoms with van der Waals surface area (Å²) >= 11 is 0. The summed E-state index contributed by atoms with van der Waals surface area (Å²) < 4.78 is 69.6. The van der Waals surface area contributed by atoms with E-state index in [-0.39, 0.29) is 12.9 Å². The quantitative estimate of drug-likeness (QED) is 0.192. The number of Topliss-reactive ketones (excluding diaryl/α,β-unsaturated/α-hetero) is 1. The van der Waals surface area contributed by atoms with Crippen molar-refractivity contribution in [3.05, 3.63) is 11.8 Å². The second-order valence-corrected chi connectivity index (χ2v) is 2.89. The average Bonchev–Trinajstić information content (AvgIpc) is 2.23. The van der Waals surface area contributed by atoms with E-state index in [1.165, 1.54) is 6.92 Å². The lowest BCUT2D eigenvalue weighted by Gasteiger charge is -2.18. The van der Waals surface area contributed by atoms with Gasteiger partial charge in [-0.05, 0) is 6.92 Å². The van der Waals surface area contributed by atoms with E-state index in [0.717, 1.165) is 7.11 Å². The fraction of sp³-hybridized carbons (Fsp3) is 0.556. The highest BCUT2D eigenvalue weighted by molar-refractivity contribution is 6.20. The number of ether oxygens (including phenoxy) is 2. The van der Waals surface area contributed by atoms with Crippen LogP contribution in [0.3, 0.4) is 0 Å². The van der Waals surface area contributed by atoms with Gasteiger partial charge < -0.3 is 9.47 Å². The summed E-state index contributed by atoms with van der Waals surface area (Å²) in [6.07, 6.45) is -5.93. The maximum Gasteiger partial charge on any atom is 0.461 e. The summed E-state index contributed by atoms with van der Waals surface area (Å²) in [6, 6.07) is 0. The minimum Gasteiger partial charge on any atom is -0.503 e. The molecule has 0 saturated carbocycles. The minimum atomic E-state index is -6.11. The molecule has 0 amide bonds. The van der Waals surface area contributed by atoms with Crippen LogP contribution in [0.2, 0.25) is 0 Å². The van der Waals surface area contributed by atoms with Gasteiger partial charge in [-0.25, -0.2) is 4.79 Å². The van der Waals surface area contributed by atoms with Gasteiger partial charge in [-0.1, -0.05) is 0 Å². The molecule has 9 heteroatoms. The van der Waals surface area contributed by atoms with E-state index < -0.39 is 29.4 Å². The van der Waals surface area contributed by atoms with Gasteiger partial charge in [0.1, 0.15) is 11.8 Å². The molecule has 0 radical (unpaired) electrons. The van der Waals surface area contributed by atoms with Crippen LogP contribution in [0.4, 0.5) is 22.0 Å². The van der Waals surface area contributed by atoms with E-state index in [9.17, 15) is 31.5 Å². The molecule has 0 unspecified atom stereocenters. The molecule has 0 aromatic heterocycles. The first-order valence-corrected chi connectivity index (χ1v) is 4.49. The molecule has 0 aromatic rings. The number of alkyl halides is 5. The molecule has 0 saturated heterocycles. The largest absolute Gasteiger partial charge is 0.503 e. The molecule has 0 N–H and O–H groups in total. The summed E-state index contributed by atoms with van der Waals surface area (Å²) in [4.78, 5) is 22.1. The highest BCUT2D eigenvalue weighted by Crippen LogP contribution is 2.37. The lowest BCUT2D eigenvalue weighted by atomic mass is 10.1. The molecule has 0 aromatic carbocycles. The molecule has 0 aliphatic rings. The minimum absolute atomic E-state index is 0.181. The zero-order valence-electron chi connectivity index (χ0n) is 9.31. The Morgan fingerprint density at radius 3 is 2.00 bits per heavy atom. The molecular weight excluding hydrogens is 267 g/mol. The fourth-order valence-electron chi connectivity index (χ4n) is 0.819. The van der Waals surface area contributed by atoms with E-state index in [2.05, 4.69) is 9.47 Å². The molecule has 18 heavy (non-hydrogen) atoms. The third kappa shape index (κ3) is 3.41. The van der Waals surface area contributed by atoms with E-state index in [0.29, 0.717) is 0 Å². The third-order valence-electron chi connectivity index (χ3n) is 1.62. The Hall–Kier alpha value is -1.67. The maximum atomic E-state index is 12.7. The molecule has 4 nitrogen and oxygen atoms in total. The first-order valence-electron chi connectivity index (χ1n) is 4.49. The van der Waals surface area contributed by atoms with Crippen LogP contribution in [0.1, 0.15) is 6.92 Å². The Morgan fingerprint density at radius 1 is 1.17 bits per heavy atom. The molecule has 0 aliphatic heterocycles. The van der Waals surface area contributed by atoms with Gasteiger partial charge in [-0.15, -0.1) is 0 Å². The Bertz CT molecular complexity index is 358. The monoisotopic (exact) mass is 276 g/mol. The Kier molecular flexibility index (Phi) is 5.25. The zero-order valence-corrected chi connectivity index (χ0v) is 9.31. The fourth-order valence-corrected chi connectivity index (χ4v) is 0.819. The van der Waals surface area contributed by atoms with Crippen molar-refractivity contribution in [2.24, 2.45) is 0 Å². The van der Waals surface area contributed by atoms with Gasteiger partial charge in [-0.3, -0.25) is 4.79 Å². The zero-order chi connectivity index (χ0) is 14.6. The van der Waals surface area contributed by atoms with Gasteiger partial charge in [0.05, 0.1) is 13.7 Å². The number of ketones is 1. The molecular formula is C9H9F5O4. The number of halogens is 5. The molecule has 0 heterocycles. The van der Waals surface area contributed by atoms with Gasteiger partial charge >= 0.3 is 18.1 Å². The number of hydrogen-bond donors (Lipinski definition) is 0. The van der Waals surface area contributed by atoms with Crippen molar-refractivity contribution < 1.29 is 41.0 Å². The molecule has 0 spiro atoms. The average molecular weight is 276 g/mol. The Labute approximate surface area is 98.3 Å². The second kappa shape index (κ2) is 5.78. The van der Waals surface area contributed by atoms with Crippen LogP contribution >= 0.6 is 0 Å². The second-order valence-electron chi connectivity index (χ2n) is 2.89. The standard InChI is InChI=1S/C9H9F5O4/c1-3-18-7(16)5(4-17-2)6(15)8(10,11)9(12,13)14/h4H,3H2,1-2H3. The van der Waals surface area contributed by atoms with Gasteiger partial charge in [0.2, 0.25) is 0 Å². The highest BCUT2D eigenvalue weighted by atomic mass is 19.4. The molecule has 0 bridgehead atoms. The topological polar surface area (TPSA) is 52.6 Å². The molecule has 104 valence electrons. The SMILES string of the molecule is CCOC(=O)C(=COC)C(=O)C(F)(F)C(F)(F)F. The lowest BCUT2D eigenvalue weighted by Crippen LogP contribution is -2.46. The van der Waals surface area contributed by atoms with Crippen molar-refractivity contribution in [2.45, 2.75) is 19.0 Å². The number of rotatable bonds is 5. The van der Waals surface area contributed by atoms with Crippen LogP contribution in [0, 0.1) is 0 Å². The number of carbonyl (C=O) groups is 2. The molecule has 0 rings (SSSR count). The first-order chi connectivity index (χ1) is 8.09. The summed E-state index contributed by atoms with van der Waals surface area (Å²) in [5.74, 6) is -10.0. The van der Waals surface area contributed by atoms with Gasteiger partial charge in [0.25, 0.3) is 5.78 Å². The van der Waals surface area contributed by atoms with Crippen LogP contribution in [-0.4, -0.2) is 37.6 Å². The number of hydrogen-bond acceptors (Lipinski definition) is 4. The van der Waals surface area contributed by atoms with Crippen molar-refractivity contribution in [3.63, 3.8) is 0 Å². The summed E-state index contributed by atoms with van der Waals surface area (Å²) in [5.41, 5.74) is -1.51. The third-order valence-corrected chi connectivity index (χ3v) is 1.62. The van der Waals surface area contributed by atoms with Crippen LogP contribution < -0.4 is 0 Å². The van der Waals surface area contributed by atoms with Crippen molar-refractivity contribution in [2.75, 3.05) is 13.7 Å². The van der Waals surface area contributed by atoms with Crippen LogP contribution in [0.15, 0.2) is 11.8 Å². The Balaban J connectivity index is 5.37. The van der Waals surface area contributed by atoms with Crippen LogP contribution in [0.5, 0.6) is 0 Å². The van der Waals surface area contributed by atoms with Crippen LogP contribution in [0.25, 0.3) is 0 Å². The smallest absolute Gasteiger partial charge is 0.461 e. The van der Waals surface area contributed by atoms with E-state index in [4.69, 9.17) is 0 Å². The van der Waals surface area contributed by atoms with Crippen molar-refractivity contribution in [1.29, 1.82) is 0 Å². The maximum absolute atomic E-state index is 12.7. The highest BCUT2D eigenvalue weighted by Gasteiger charge is 2.64. The van der Waals surface area contributed by atoms with Crippen molar-refractivity contribution >= 4 is 11.8 Å². The lowest BCUT2D eigenvalue weighted by molar-refractivity contribution is -0.266. The Morgan fingerprint density at radius 2 is 1.67 bits per heavy atom. The van der Waals surface area contributed by atoms with E-state index in [1.54, 1.807) is 0 Å². The number of esters is 1. The van der Waals surface area contributed by atoms with Gasteiger partial charge in [0, 0.05) is 0 Å². The molecule has 0 atom stereocenters. The normalized spacial score (nSPS) is 13.2. The predicted octanol–water partition coefficient (Wildman–Crippen LogP) is 1.85. The van der Waals surface area contributed by atoms with Crippen LogP contribution in [-0.2, 0) is 19.1 Å². The van der Waals surface area contributed by atoms with Crippen molar-refractivity contribution in [1.82, 2.24) is 0 Å². The predicted molar refractivity (Wildman–Crippen MR) is 47.7 cm³/mol. The summed E-state index contributed by atoms with van der Waals surface area (Å²) in [7, 11) is 0.873. The molecule has 0 aliphatic carbocycles. The van der Waals surface area contributed by atoms with E-state index >= 15 is 0 Å². The van der Waals surface area contributed by atoms with Crippen molar-refractivity contribution in [3.8, 4) is 0 Å². The summed E-state index contributed by atoms with van der Waals surface area (Å²) in [6.45, 7) is 0.986. The first kappa shape index (κ1) is 16.3. The number of carbonyl (C=O) groups excluding carboxylic acids is 2. The summed E-state index contributed by atoms with van der Waals surface area (Å²) in [5, 5.41) is 0. The molecule has 0 fully saturated rings. The number of methoxy groups -OCH3 is 1. The van der Waals surface area contributed by atoms with Gasteiger partial charge in [0.15, 0.2) is 0 Å². The van der Waals surface area contributed by atoms with Gasteiger partial charge in [-0.2, -0.15) is 22.0 Å². The van der Waals surface area contributed by atoms with E-state index in [1.807, 2.05) is 0 Å².